The Kier molecular flexibility index (Phi) is 8.20. The van der Waals surface area contributed by atoms with Gasteiger partial charge in [0.1, 0.15) is 6.10 Å². The maximum atomic E-state index is 12.2. The normalized spacial score (nSPS) is 21.2. The number of benzene rings is 1. The minimum absolute atomic E-state index is 0. The highest BCUT2D eigenvalue weighted by Gasteiger charge is 2.31. The summed E-state index contributed by atoms with van der Waals surface area (Å²) in [5, 5.41) is 2.99. The second kappa shape index (κ2) is 9.63. The average Bonchev–Trinajstić information content (AvgIpc) is 3.01. The molecule has 23 heavy (non-hydrogen) atoms. The number of methoxy groups -OCH3 is 1. The summed E-state index contributed by atoms with van der Waals surface area (Å²) in [7, 11) is 1.61. The summed E-state index contributed by atoms with van der Waals surface area (Å²) in [5.74, 6) is 1.87. The van der Waals surface area contributed by atoms with Crippen molar-refractivity contribution in [2.45, 2.75) is 32.3 Å². The van der Waals surface area contributed by atoms with Crippen molar-refractivity contribution in [1.29, 1.82) is 0 Å². The lowest BCUT2D eigenvalue weighted by molar-refractivity contribution is -0.126. The SMILES string of the molecule is COc1ccccc1OC(C)CNC(=O)[C@@H]1CCC[C@@H]1CN.Cl. The Morgan fingerprint density at radius 3 is 2.70 bits per heavy atom. The first kappa shape index (κ1) is 19.6. The van der Waals surface area contributed by atoms with Crippen LogP contribution < -0.4 is 20.5 Å². The molecule has 0 aromatic heterocycles. The Hall–Kier alpha value is -1.46. The van der Waals surface area contributed by atoms with Crippen LogP contribution in [0.5, 0.6) is 11.5 Å². The average molecular weight is 343 g/mol. The lowest BCUT2D eigenvalue weighted by atomic mass is 9.95. The van der Waals surface area contributed by atoms with Crippen molar-refractivity contribution in [3.8, 4) is 11.5 Å². The van der Waals surface area contributed by atoms with Crippen molar-refractivity contribution < 1.29 is 14.3 Å². The number of hydrogen-bond acceptors (Lipinski definition) is 4. The van der Waals surface area contributed by atoms with Gasteiger partial charge in [-0.3, -0.25) is 4.79 Å². The summed E-state index contributed by atoms with van der Waals surface area (Å²) in [6.45, 7) is 3.00. The van der Waals surface area contributed by atoms with Crippen LogP contribution in [0.4, 0.5) is 0 Å². The Morgan fingerprint density at radius 1 is 1.35 bits per heavy atom. The molecule has 0 radical (unpaired) electrons. The van der Waals surface area contributed by atoms with Crippen LogP contribution in [0, 0.1) is 11.8 Å². The van der Waals surface area contributed by atoms with Crippen molar-refractivity contribution in [2.24, 2.45) is 17.6 Å². The molecule has 2 rings (SSSR count). The smallest absolute Gasteiger partial charge is 0.223 e. The van der Waals surface area contributed by atoms with Crippen LogP contribution >= 0.6 is 12.4 Å². The molecule has 1 saturated carbocycles. The number of halogens is 1. The molecule has 1 aliphatic rings. The summed E-state index contributed by atoms with van der Waals surface area (Å²) in [6.07, 6.45) is 2.96. The van der Waals surface area contributed by atoms with Gasteiger partial charge >= 0.3 is 0 Å². The molecule has 130 valence electrons. The number of para-hydroxylation sites is 2. The fraction of sp³-hybridized carbons (Fsp3) is 0.588. The molecule has 3 N–H and O–H groups in total. The Morgan fingerprint density at radius 2 is 2.04 bits per heavy atom. The molecule has 1 unspecified atom stereocenters. The minimum Gasteiger partial charge on any atom is -0.493 e. The van der Waals surface area contributed by atoms with Crippen LogP contribution in [0.15, 0.2) is 24.3 Å². The Balaban J connectivity index is 0.00000264. The predicted molar refractivity (Wildman–Crippen MR) is 93.2 cm³/mol. The van der Waals surface area contributed by atoms with E-state index in [1.54, 1.807) is 7.11 Å². The summed E-state index contributed by atoms with van der Waals surface area (Å²) in [6, 6.07) is 7.50. The predicted octanol–water partition coefficient (Wildman–Crippen LogP) is 2.38. The monoisotopic (exact) mass is 342 g/mol. The molecule has 0 saturated heterocycles. The molecular formula is C17H27ClN2O3. The summed E-state index contributed by atoms with van der Waals surface area (Å²) in [5.41, 5.74) is 5.73. The van der Waals surface area contributed by atoms with E-state index in [4.69, 9.17) is 15.2 Å². The number of rotatable bonds is 7. The zero-order valence-electron chi connectivity index (χ0n) is 13.8. The molecule has 1 amide bonds. The molecule has 1 aromatic carbocycles. The van der Waals surface area contributed by atoms with E-state index < -0.39 is 0 Å². The lowest BCUT2D eigenvalue weighted by Gasteiger charge is -2.20. The molecular weight excluding hydrogens is 316 g/mol. The summed E-state index contributed by atoms with van der Waals surface area (Å²) >= 11 is 0. The van der Waals surface area contributed by atoms with E-state index in [1.165, 1.54) is 0 Å². The highest BCUT2D eigenvalue weighted by molar-refractivity contribution is 5.85. The molecule has 1 fully saturated rings. The molecule has 5 nitrogen and oxygen atoms in total. The zero-order valence-corrected chi connectivity index (χ0v) is 14.6. The van der Waals surface area contributed by atoms with Crippen molar-refractivity contribution in [1.82, 2.24) is 5.32 Å². The van der Waals surface area contributed by atoms with Crippen molar-refractivity contribution in [2.75, 3.05) is 20.2 Å². The van der Waals surface area contributed by atoms with Crippen LogP contribution in [0.2, 0.25) is 0 Å². The molecule has 6 heteroatoms. The number of carbonyl (C=O) groups is 1. The van der Waals surface area contributed by atoms with Gasteiger partial charge in [-0.25, -0.2) is 0 Å². The largest absolute Gasteiger partial charge is 0.493 e. The Labute approximate surface area is 144 Å². The van der Waals surface area contributed by atoms with Gasteiger partial charge in [0.25, 0.3) is 0 Å². The van der Waals surface area contributed by atoms with Gasteiger partial charge in [0.2, 0.25) is 5.91 Å². The fourth-order valence-corrected chi connectivity index (χ4v) is 3.01. The molecule has 1 aromatic rings. The molecule has 0 aliphatic heterocycles. The van der Waals surface area contributed by atoms with Crippen LogP contribution in [0.25, 0.3) is 0 Å². The van der Waals surface area contributed by atoms with E-state index in [0.717, 1.165) is 19.3 Å². The van der Waals surface area contributed by atoms with E-state index in [9.17, 15) is 4.79 Å². The highest BCUT2D eigenvalue weighted by Crippen LogP contribution is 2.31. The zero-order chi connectivity index (χ0) is 15.9. The van der Waals surface area contributed by atoms with Gasteiger partial charge in [0.05, 0.1) is 13.7 Å². The van der Waals surface area contributed by atoms with Gasteiger partial charge in [-0.15, -0.1) is 12.4 Å². The third kappa shape index (κ3) is 5.29. The van der Waals surface area contributed by atoms with Gasteiger partial charge in [-0.1, -0.05) is 18.6 Å². The van der Waals surface area contributed by atoms with Crippen LogP contribution in [0.3, 0.4) is 0 Å². The molecule has 0 bridgehead atoms. The van der Waals surface area contributed by atoms with Gasteiger partial charge in [0, 0.05) is 5.92 Å². The number of carbonyl (C=O) groups excluding carboxylic acids is 1. The number of nitrogens with one attached hydrogen (secondary N) is 1. The van der Waals surface area contributed by atoms with E-state index >= 15 is 0 Å². The summed E-state index contributed by atoms with van der Waals surface area (Å²) < 4.78 is 11.1. The van der Waals surface area contributed by atoms with Gasteiger partial charge in [-0.05, 0) is 44.4 Å². The minimum atomic E-state index is -0.127. The van der Waals surface area contributed by atoms with E-state index in [2.05, 4.69) is 5.32 Å². The molecule has 0 spiro atoms. The highest BCUT2D eigenvalue weighted by atomic mass is 35.5. The first-order valence-electron chi connectivity index (χ1n) is 7.93. The standard InChI is InChI=1S/C17H26N2O3.ClH/c1-12(22-16-9-4-3-8-15(16)21-2)11-19-17(20)14-7-5-6-13(14)10-18;/h3-4,8-9,12-14H,5-7,10-11,18H2,1-2H3,(H,19,20);1H/t12?,13-,14-;/m1./s1. The quantitative estimate of drug-likeness (QED) is 0.798. The molecule has 1 aliphatic carbocycles. The number of nitrogens with two attached hydrogens (primary N) is 1. The van der Waals surface area contributed by atoms with E-state index in [1.807, 2.05) is 31.2 Å². The van der Waals surface area contributed by atoms with Gasteiger partial charge < -0.3 is 20.5 Å². The van der Waals surface area contributed by atoms with E-state index in [0.29, 0.717) is 30.5 Å². The number of amides is 1. The first-order chi connectivity index (χ1) is 10.7. The Bertz CT molecular complexity index is 498. The summed E-state index contributed by atoms with van der Waals surface area (Å²) in [4.78, 5) is 12.2. The van der Waals surface area contributed by atoms with Crippen LogP contribution in [-0.2, 0) is 4.79 Å². The molecule has 0 heterocycles. The second-order valence-corrected chi connectivity index (χ2v) is 5.86. The topological polar surface area (TPSA) is 73.6 Å². The first-order valence-corrected chi connectivity index (χ1v) is 7.93. The third-order valence-corrected chi connectivity index (χ3v) is 4.26. The number of hydrogen-bond donors (Lipinski definition) is 2. The fourth-order valence-electron chi connectivity index (χ4n) is 3.01. The second-order valence-electron chi connectivity index (χ2n) is 5.86. The number of ether oxygens (including phenoxy) is 2. The third-order valence-electron chi connectivity index (χ3n) is 4.26. The maximum Gasteiger partial charge on any atom is 0.223 e. The lowest BCUT2D eigenvalue weighted by Crippen LogP contribution is -2.39. The van der Waals surface area contributed by atoms with Gasteiger partial charge in [-0.2, -0.15) is 0 Å². The van der Waals surface area contributed by atoms with Crippen LogP contribution in [0.1, 0.15) is 26.2 Å². The molecule has 3 atom stereocenters. The maximum absolute atomic E-state index is 12.2. The van der Waals surface area contributed by atoms with Crippen molar-refractivity contribution in [3.63, 3.8) is 0 Å². The van der Waals surface area contributed by atoms with Crippen molar-refractivity contribution >= 4 is 18.3 Å². The van der Waals surface area contributed by atoms with Gasteiger partial charge in [0.15, 0.2) is 11.5 Å². The van der Waals surface area contributed by atoms with Crippen molar-refractivity contribution in [3.05, 3.63) is 24.3 Å². The van der Waals surface area contributed by atoms with E-state index in [-0.39, 0.29) is 30.3 Å². The van der Waals surface area contributed by atoms with Crippen LogP contribution in [-0.4, -0.2) is 32.2 Å².